The predicted molar refractivity (Wildman–Crippen MR) is 25.7 cm³/mol. The first-order chi connectivity index (χ1) is 4.18. The molecule has 0 amide bonds. The molecule has 0 fully saturated rings. The third kappa shape index (κ3) is 3.57. The first-order valence-electron chi connectivity index (χ1n) is 2.12. The number of carbonyl (C=O) groups is 1. The molecule has 0 saturated carbocycles. The number of halogens is 2. The third-order valence-corrected chi connectivity index (χ3v) is 0.487. The van der Waals surface area contributed by atoms with E-state index in [9.17, 15) is 13.6 Å². The Bertz CT molecular complexity index is 115. The molecule has 0 aromatic rings. The van der Waals surface area contributed by atoms with E-state index in [2.05, 4.69) is 4.74 Å². The molecule has 0 radical (unpaired) electrons. The Balaban J connectivity index is 3.38. The Morgan fingerprint density at radius 2 is 2.33 bits per heavy atom. The zero-order valence-corrected chi connectivity index (χ0v) is 4.43. The van der Waals surface area contributed by atoms with E-state index in [1.165, 1.54) is 0 Å². The largest absolute Gasteiger partial charge is 0.456 e. The molecule has 0 aliphatic rings. The molecule has 5 heteroatoms. The van der Waals surface area contributed by atoms with Gasteiger partial charge < -0.3 is 10.1 Å². The number of esters is 1. The maximum atomic E-state index is 11.2. The van der Waals surface area contributed by atoms with Crippen LogP contribution in [-0.4, -0.2) is 25.2 Å². The van der Waals surface area contributed by atoms with Gasteiger partial charge in [0.1, 0.15) is 6.61 Å². The Morgan fingerprint density at radius 3 is 2.67 bits per heavy atom. The van der Waals surface area contributed by atoms with Gasteiger partial charge in [-0.05, 0) is 0 Å². The van der Waals surface area contributed by atoms with Gasteiger partial charge in [-0.15, -0.1) is 0 Å². The number of carbonyl (C=O) groups excluding carboxylic acids is 1. The highest BCUT2D eigenvalue weighted by molar-refractivity contribution is 5.74. The van der Waals surface area contributed by atoms with E-state index in [4.69, 9.17) is 5.41 Å². The number of rotatable bonds is 3. The lowest BCUT2D eigenvalue weighted by Crippen LogP contribution is -2.14. The lowest BCUT2D eigenvalue weighted by Gasteiger charge is -1.96. The number of nitrogens with one attached hydrogen (secondary N) is 1. The normalized spacial score (nSPS) is 9.22. The Hall–Kier alpha value is -1.00. The van der Waals surface area contributed by atoms with Gasteiger partial charge in [-0.25, -0.2) is 4.79 Å². The molecule has 1 N–H and O–H groups in total. The summed E-state index contributed by atoms with van der Waals surface area (Å²) in [6.45, 7) is -0.386. The number of hydrogen-bond donors (Lipinski definition) is 1. The quantitative estimate of drug-likeness (QED) is 0.453. The fourth-order valence-electron chi connectivity index (χ4n) is 0.187. The van der Waals surface area contributed by atoms with Gasteiger partial charge in [-0.2, -0.15) is 8.78 Å². The second-order valence-corrected chi connectivity index (χ2v) is 1.13. The summed E-state index contributed by atoms with van der Waals surface area (Å²) in [4.78, 5) is 9.83. The smallest absolute Gasteiger partial charge is 0.374 e. The van der Waals surface area contributed by atoms with Gasteiger partial charge >= 0.3 is 12.4 Å². The molecule has 0 aromatic heterocycles. The summed E-state index contributed by atoms with van der Waals surface area (Å²) in [6, 6.07) is 0. The second-order valence-electron chi connectivity index (χ2n) is 1.13. The fourth-order valence-corrected chi connectivity index (χ4v) is 0.187. The van der Waals surface area contributed by atoms with Crippen molar-refractivity contribution in [2.75, 3.05) is 6.61 Å². The van der Waals surface area contributed by atoms with Crippen LogP contribution in [0.5, 0.6) is 0 Å². The van der Waals surface area contributed by atoms with Crippen molar-refractivity contribution < 1.29 is 18.3 Å². The molecule has 0 aliphatic heterocycles. The number of ether oxygens (including phenoxy) is 1. The van der Waals surface area contributed by atoms with Crippen LogP contribution in [0.3, 0.4) is 0 Å². The molecule has 9 heavy (non-hydrogen) atoms. The second kappa shape index (κ2) is 3.94. The lowest BCUT2D eigenvalue weighted by atomic mass is 10.7. The minimum Gasteiger partial charge on any atom is -0.456 e. The zero-order valence-electron chi connectivity index (χ0n) is 4.43. The first-order valence-corrected chi connectivity index (χ1v) is 2.12. The van der Waals surface area contributed by atoms with Crippen LogP contribution in [0.1, 0.15) is 0 Å². The summed E-state index contributed by atoms with van der Waals surface area (Å²) >= 11 is 0. The highest BCUT2D eigenvalue weighted by Gasteiger charge is 2.15. The number of alkyl halides is 2. The van der Waals surface area contributed by atoms with Gasteiger partial charge in [0.05, 0.1) is 0 Å². The van der Waals surface area contributed by atoms with Crippen molar-refractivity contribution in [1.29, 1.82) is 5.41 Å². The molecule has 0 spiro atoms. The summed E-state index contributed by atoms with van der Waals surface area (Å²) in [5, 5.41) is 6.29. The van der Waals surface area contributed by atoms with Crippen molar-refractivity contribution >= 4 is 12.2 Å². The average Bonchev–Trinajstić information content (AvgIpc) is 1.82. The van der Waals surface area contributed by atoms with Gasteiger partial charge in [-0.3, -0.25) is 0 Å². The maximum Gasteiger partial charge on any atom is 0.374 e. The molecule has 0 bridgehead atoms. The van der Waals surface area contributed by atoms with Crippen molar-refractivity contribution in [3.05, 3.63) is 0 Å². The topological polar surface area (TPSA) is 50.1 Å². The van der Waals surface area contributed by atoms with E-state index in [0.717, 1.165) is 6.21 Å². The summed E-state index contributed by atoms with van der Waals surface area (Å²) in [5.74, 6) is -1.58. The van der Waals surface area contributed by atoms with E-state index < -0.39 is 12.4 Å². The molecule has 0 aliphatic carbocycles. The van der Waals surface area contributed by atoms with Crippen LogP contribution in [0.2, 0.25) is 0 Å². The third-order valence-electron chi connectivity index (χ3n) is 0.487. The van der Waals surface area contributed by atoms with Gasteiger partial charge in [0.2, 0.25) is 0 Å². The lowest BCUT2D eigenvalue weighted by molar-refractivity contribution is -0.154. The Morgan fingerprint density at radius 1 is 1.78 bits per heavy atom. The van der Waals surface area contributed by atoms with Crippen LogP contribution < -0.4 is 0 Å². The highest BCUT2D eigenvalue weighted by atomic mass is 19.3. The minimum absolute atomic E-state index is 0.386. The average molecular weight is 137 g/mol. The van der Waals surface area contributed by atoms with Gasteiger partial charge in [0, 0.05) is 6.21 Å². The molecular formula is C4H5F2NO2. The van der Waals surface area contributed by atoms with Crippen LogP contribution in [0.25, 0.3) is 0 Å². The van der Waals surface area contributed by atoms with Gasteiger partial charge in [0.15, 0.2) is 0 Å². The minimum atomic E-state index is -3.09. The van der Waals surface area contributed by atoms with E-state index in [1.54, 1.807) is 0 Å². The van der Waals surface area contributed by atoms with E-state index in [-0.39, 0.29) is 6.61 Å². The molecule has 0 atom stereocenters. The summed E-state index contributed by atoms with van der Waals surface area (Å²) in [6.07, 6.45) is -2.37. The molecule has 0 heterocycles. The Labute approximate surface area is 50.1 Å². The summed E-state index contributed by atoms with van der Waals surface area (Å²) in [5.41, 5.74) is 0. The van der Waals surface area contributed by atoms with Crippen molar-refractivity contribution in [3.63, 3.8) is 0 Å². The highest BCUT2D eigenvalue weighted by Crippen LogP contribution is 1.93. The monoisotopic (exact) mass is 137 g/mol. The summed E-state index contributed by atoms with van der Waals surface area (Å²) in [7, 11) is 0. The maximum absolute atomic E-state index is 11.2. The standard InChI is InChI=1S/C4H5F2NO2/c5-3(6)4(8)9-2-1-7/h1,3,7H,2H2. The molecule has 0 rings (SSSR count). The van der Waals surface area contributed by atoms with Crippen LogP contribution >= 0.6 is 0 Å². The van der Waals surface area contributed by atoms with Gasteiger partial charge in [-0.1, -0.05) is 0 Å². The van der Waals surface area contributed by atoms with Crippen LogP contribution in [0.4, 0.5) is 8.78 Å². The van der Waals surface area contributed by atoms with E-state index >= 15 is 0 Å². The summed E-state index contributed by atoms with van der Waals surface area (Å²) < 4.78 is 26.2. The molecule has 0 saturated heterocycles. The SMILES string of the molecule is N=CCOC(=O)C(F)F. The molecule has 0 unspecified atom stereocenters. The van der Waals surface area contributed by atoms with Crippen molar-refractivity contribution in [3.8, 4) is 0 Å². The number of hydrogen-bond acceptors (Lipinski definition) is 3. The predicted octanol–water partition coefficient (Wildman–Crippen LogP) is 0.444. The van der Waals surface area contributed by atoms with Crippen LogP contribution in [0.15, 0.2) is 0 Å². The molecule has 52 valence electrons. The molecular weight excluding hydrogens is 132 g/mol. The van der Waals surface area contributed by atoms with Crippen LogP contribution in [-0.2, 0) is 9.53 Å². The van der Waals surface area contributed by atoms with E-state index in [0.29, 0.717) is 0 Å². The molecule has 3 nitrogen and oxygen atoms in total. The van der Waals surface area contributed by atoms with Crippen LogP contribution in [0, 0.1) is 5.41 Å². The fraction of sp³-hybridized carbons (Fsp3) is 0.500. The first kappa shape index (κ1) is 8.00. The Kier molecular flexibility index (Phi) is 3.50. The van der Waals surface area contributed by atoms with Crippen molar-refractivity contribution in [2.24, 2.45) is 0 Å². The van der Waals surface area contributed by atoms with E-state index in [1.807, 2.05) is 0 Å². The van der Waals surface area contributed by atoms with Gasteiger partial charge in [0.25, 0.3) is 0 Å². The van der Waals surface area contributed by atoms with Crippen molar-refractivity contribution in [2.45, 2.75) is 6.43 Å². The molecule has 0 aromatic carbocycles. The zero-order chi connectivity index (χ0) is 7.28. The van der Waals surface area contributed by atoms with Crippen molar-refractivity contribution in [1.82, 2.24) is 0 Å².